The molecule has 7 aromatic carbocycles. The normalized spacial score (nSPS) is 11.6. The van der Waals surface area contributed by atoms with Crippen molar-refractivity contribution in [2.75, 3.05) is 0 Å². The Kier molecular flexibility index (Phi) is 7.89. The van der Waals surface area contributed by atoms with Crippen LogP contribution in [-0.4, -0.2) is 19.3 Å². The second-order valence-electron chi connectivity index (χ2n) is 13.6. The van der Waals surface area contributed by atoms with E-state index in [0.717, 1.165) is 66.5 Å². The smallest absolute Gasteiger partial charge is 0.248 e. The van der Waals surface area contributed by atoms with Gasteiger partial charge in [-0.25, -0.2) is 0 Å². The Balaban J connectivity index is 1.06. The van der Waals surface area contributed by atoms with Gasteiger partial charge >= 0.3 is 0 Å². The molecule has 0 aliphatic rings. The molecular weight excluding hydrogens is 673 g/mol. The van der Waals surface area contributed by atoms with Crippen molar-refractivity contribution in [2.24, 2.45) is 0 Å². The van der Waals surface area contributed by atoms with E-state index in [2.05, 4.69) is 196 Å². The highest BCUT2D eigenvalue weighted by molar-refractivity contribution is 6.15. The van der Waals surface area contributed by atoms with E-state index >= 15 is 0 Å². The minimum Gasteiger partial charge on any atom is -0.416 e. The molecular formula is C50H34N4O. The first-order chi connectivity index (χ1) is 27.2. The SMILES string of the molecule is C=C/C=C\c1cc2cc(-c3nnc(-c4cccc5c4c4ccccc4n5-c4cccc(-c5ccccc5)c4)o3)ccc2n1-c1cccc(-c2ccccc2)c1. The third-order valence-corrected chi connectivity index (χ3v) is 10.3. The van der Waals surface area contributed by atoms with Crippen LogP contribution in [0, 0.1) is 0 Å². The molecule has 0 atom stereocenters. The first-order valence-corrected chi connectivity index (χ1v) is 18.4. The van der Waals surface area contributed by atoms with Gasteiger partial charge in [-0.05, 0) is 95.1 Å². The zero-order valence-corrected chi connectivity index (χ0v) is 29.9. The van der Waals surface area contributed by atoms with Gasteiger partial charge in [0.1, 0.15) is 0 Å². The van der Waals surface area contributed by atoms with E-state index in [-0.39, 0.29) is 0 Å². The van der Waals surface area contributed by atoms with Gasteiger partial charge in [-0.3, -0.25) is 0 Å². The lowest BCUT2D eigenvalue weighted by Crippen LogP contribution is -1.96. The fourth-order valence-corrected chi connectivity index (χ4v) is 7.78. The van der Waals surface area contributed by atoms with E-state index in [9.17, 15) is 0 Å². The number of benzene rings is 7. The highest BCUT2D eigenvalue weighted by atomic mass is 16.4. The van der Waals surface area contributed by atoms with Gasteiger partial charge in [0, 0.05) is 44.4 Å². The van der Waals surface area contributed by atoms with Crippen molar-refractivity contribution >= 4 is 38.8 Å². The van der Waals surface area contributed by atoms with Gasteiger partial charge in [0.25, 0.3) is 0 Å². The van der Waals surface area contributed by atoms with Gasteiger partial charge in [0.05, 0.1) is 16.6 Å². The number of aromatic nitrogens is 4. The van der Waals surface area contributed by atoms with E-state index in [1.165, 1.54) is 16.7 Å². The molecule has 260 valence electrons. The third-order valence-electron chi connectivity index (χ3n) is 10.3. The Morgan fingerprint density at radius 3 is 1.82 bits per heavy atom. The van der Waals surface area contributed by atoms with E-state index < -0.39 is 0 Å². The number of rotatable bonds is 8. The fraction of sp³-hybridized carbons (Fsp3) is 0. The summed E-state index contributed by atoms with van der Waals surface area (Å²) in [5.41, 5.74) is 12.9. The van der Waals surface area contributed by atoms with Crippen LogP contribution in [0.1, 0.15) is 5.69 Å². The first kappa shape index (κ1) is 32.2. The van der Waals surface area contributed by atoms with Gasteiger partial charge in [-0.15, -0.1) is 10.2 Å². The average molecular weight is 707 g/mol. The van der Waals surface area contributed by atoms with Crippen molar-refractivity contribution in [2.45, 2.75) is 0 Å². The number of nitrogens with zero attached hydrogens (tertiary/aromatic N) is 4. The number of fused-ring (bicyclic) bond motifs is 4. The van der Waals surface area contributed by atoms with Crippen LogP contribution in [0.25, 0.3) is 95.3 Å². The number of allylic oxidation sites excluding steroid dienone is 2. The average Bonchev–Trinajstić information content (AvgIpc) is 3.98. The van der Waals surface area contributed by atoms with Gasteiger partial charge in [-0.2, -0.15) is 0 Å². The third kappa shape index (κ3) is 5.66. The van der Waals surface area contributed by atoms with Crippen LogP contribution in [0.4, 0.5) is 0 Å². The van der Waals surface area contributed by atoms with E-state index in [4.69, 9.17) is 4.42 Å². The molecule has 0 saturated heterocycles. The van der Waals surface area contributed by atoms with Gasteiger partial charge in [0.15, 0.2) is 0 Å². The summed E-state index contributed by atoms with van der Waals surface area (Å²) in [6.45, 7) is 3.91. The van der Waals surface area contributed by atoms with Crippen molar-refractivity contribution in [3.63, 3.8) is 0 Å². The lowest BCUT2D eigenvalue weighted by molar-refractivity contribution is 0.585. The largest absolute Gasteiger partial charge is 0.416 e. The molecule has 0 spiro atoms. The molecule has 0 amide bonds. The van der Waals surface area contributed by atoms with Crippen LogP contribution in [0.3, 0.4) is 0 Å². The van der Waals surface area contributed by atoms with Gasteiger partial charge in [0.2, 0.25) is 11.8 Å². The second kappa shape index (κ2) is 13.5. The molecule has 0 unspecified atom stereocenters. The van der Waals surface area contributed by atoms with Crippen LogP contribution >= 0.6 is 0 Å². The number of para-hydroxylation sites is 1. The Morgan fingerprint density at radius 2 is 1.09 bits per heavy atom. The molecule has 10 aromatic rings. The standard InChI is InChI=1S/C50H34N4O/c1-2-3-21-40-33-39-30-38(28-29-45(39)53(40)41-22-12-19-36(31-41)34-15-6-4-7-16-34)49-51-52-50(55-49)44-25-14-27-47-48(44)43-24-10-11-26-46(43)54(47)42-23-13-20-37(32-42)35-17-8-5-9-18-35/h2-33H,1H2/b21-3-. The zero-order valence-electron chi connectivity index (χ0n) is 29.9. The molecule has 0 fully saturated rings. The molecule has 5 heteroatoms. The fourth-order valence-electron chi connectivity index (χ4n) is 7.78. The maximum absolute atomic E-state index is 6.54. The quantitative estimate of drug-likeness (QED) is 0.148. The molecule has 3 heterocycles. The summed E-state index contributed by atoms with van der Waals surface area (Å²) in [6.07, 6.45) is 5.85. The highest BCUT2D eigenvalue weighted by Crippen LogP contribution is 2.40. The van der Waals surface area contributed by atoms with Crippen LogP contribution in [0.5, 0.6) is 0 Å². The molecule has 0 saturated carbocycles. The topological polar surface area (TPSA) is 48.8 Å². The van der Waals surface area contributed by atoms with E-state index in [1.54, 1.807) is 6.08 Å². The zero-order chi connectivity index (χ0) is 36.7. The first-order valence-electron chi connectivity index (χ1n) is 18.4. The van der Waals surface area contributed by atoms with Crippen molar-refractivity contribution in [1.82, 2.24) is 19.3 Å². The Bertz CT molecular complexity index is 3050. The van der Waals surface area contributed by atoms with Crippen LogP contribution in [0.15, 0.2) is 199 Å². The minimum atomic E-state index is 0.468. The molecule has 55 heavy (non-hydrogen) atoms. The maximum atomic E-state index is 6.54. The summed E-state index contributed by atoms with van der Waals surface area (Å²) in [4.78, 5) is 0. The van der Waals surface area contributed by atoms with E-state index in [1.807, 2.05) is 18.2 Å². The van der Waals surface area contributed by atoms with Crippen molar-refractivity contribution in [1.29, 1.82) is 0 Å². The van der Waals surface area contributed by atoms with Crippen molar-refractivity contribution in [3.05, 3.63) is 200 Å². The minimum absolute atomic E-state index is 0.468. The number of hydrogen-bond donors (Lipinski definition) is 0. The van der Waals surface area contributed by atoms with Crippen LogP contribution < -0.4 is 0 Å². The molecule has 0 radical (unpaired) electrons. The summed E-state index contributed by atoms with van der Waals surface area (Å²) in [6, 6.07) is 61.6. The lowest BCUT2D eigenvalue weighted by atomic mass is 10.1. The molecule has 10 rings (SSSR count). The monoisotopic (exact) mass is 706 g/mol. The lowest BCUT2D eigenvalue weighted by Gasteiger charge is -2.11. The van der Waals surface area contributed by atoms with Gasteiger partial charge in [-0.1, -0.05) is 128 Å². The number of hydrogen-bond acceptors (Lipinski definition) is 3. The highest BCUT2D eigenvalue weighted by Gasteiger charge is 2.20. The summed E-state index contributed by atoms with van der Waals surface area (Å²) in [7, 11) is 0. The van der Waals surface area contributed by atoms with E-state index in [0.29, 0.717) is 11.8 Å². The molecule has 0 N–H and O–H groups in total. The Hall–Kier alpha value is -7.50. The summed E-state index contributed by atoms with van der Waals surface area (Å²) >= 11 is 0. The Morgan fingerprint density at radius 1 is 0.473 bits per heavy atom. The van der Waals surface area contributed by atoms with Crippen molar-refractivity contribution in [3.8, 4) is 56.5 Å². The van der Waals surface area contributed by atoms with Crippen LogP contribution in [0.2, 0.25) is 0 Å². The molecule has 0 aliphatic heterocycles. The predicted molar refractivity (Wildman–Crippen MR) is 226 cm³/mol. The predicted octanol–water partition coefficient (Wildman–Crippen LogP) is 13.0. The second-order valence-corrected chi connectivity index (χ2v) is 13.6. The van der Waals surface area contributed by atoms with Crippen LogP contribution in [-0.2, 0) is 0 Å². The molecule has 0 bridgehead atoms. The maximum Gasteiger partial charge on any atom is 0.248 e. The Labute approximate surface area is 318 Å². The summed E-state index contributed by atoms with van der Waals surface area (Å²) in [5.74, 6) is 0.946. The molecule has 0 aliphatic carbocycles. The van der Waals surface area contributed by atoms with Crippen molar-refractivity contribution < 1.29 is 4.42 Å². The van der Waals surface area contributed by atoms with Gasteiger partial charge < -0.3 is 13.6 Å². The molecule has 3 aromatic heterocycles. The summed E-state index contributed by atoms with van der Waals surface area (Å²) < 4.78 is 11.1. The molecule has 5 nitrogen and oxygen atoms in total. The summed E-state index contributed by atoms with van der Waals surface area (Å²) in [5, 5.41) is 12.5.